The van der Waals surface area contributed by atoms with Crippen LogP contribution in [0.3, 0.4) is 0 Å². The Morgan fingerprint density at radius 2 is 1.70 bits per heavy atom. The predicted molar refractivity (Wildman–Crippen MR) is 91.6 cm³/mol. The molecular weight excluding hydrogens is 262 g/mol. The summed E-state index contributed by atoms with van der Waals surface area (Å²) in [7, 11) is 0. The molecule has 110 valence electrons. The van der Waals surface area contributed by atoms with Gasteiger partial charge in [-0.05, 0) is 71.8 Å². The molecule has 0 unspecified atom stereocenters. The molecule has 1 aliphatic rings. The van der Waals surface area contributed by atoms with Crippen LogP contribution in [0.1, 0.15) is 53.4 Å². The summed E-state index contributed by atoms with van der Waals surface area (Å²) in [5, 5.41) is 0. The number of benzene rings is 1. The molecule has 0 saturated heterocycles. The Kier molecular flexibility index (Phi) is 4.85. The molecule has 0 N–H and O–H groups in total. The fraction of sp³-hybridized carbons (Fsp3) is 0.556. The van der Waals surface area contributed by atoms with Crippen LogP contribution < -0.4 is 4.90 Å². The van der Waals surface area contributed by atoms with E-state index in [1.54, 1.807) is 11.3 Å². The molecule has 2 heteroatoms. The number of allylic oxidation sites excluding steroid dienone is 2. The largest absolute Gasteiger partial charge is 0.339 e. The number of thioether (sulfide) groups is 1. The fourth-order valence-electron chi connectivity index (χ4n) is 3.07. The normalized spacial score (nSPS) is 16.4. The molecule has 0 fully saturated rings. The highest BCUT2D eigenvalue weighted by Gasteiger charge is 2.28. The summed E-state index contributed by atoms with van der Waals surface area (Å²) in [6.45, 7) is 9.27. The van der Waals surface area contributed by atoms with Gasteiger partial charge in [0.25, 0.3) is 0 Å². The molecule has 0 radical (unpaired) electrons. The minimum atomic E-state index is 0.111. The smallest absolute Gasteiger partial charge is 0.0551 e. The molecule has 1 aromatic carbocycles. The maximum absolute atomic E-state index is 2.58. The van der Waals surface area contributed by atoms with E-state index in [1.807, 2.05) is 11.8 Å². The predicted octanol–water partition coefficient (Wildman–Crippen LogP) is 5.86. The number of hydrogen-bond donors (Lipinski definition) is 0. The molecule has 0 spiro atoms. The van der Waals surface area contributed by atoms with Gasteiger partial charge in [0.2, 0.25) is 0 Å². The lowest BCUT2D eigenvalue weighted by atomic mass is 9.92. The average molecular weight is 289 g/mol. The lowest BCUT2D eigenvalue weighted by molar-refractivity contribution is 0.508. The van der Waals surface area contributed by atoms with E-state index in [2.05, 4.69) is 63.1 Å². The maximum atomic E-state index is 2.58. The van der Waals surface area contributed by atoms with Crippen LogP contribution in [0.4, 0.5) is 5.69 Å². The first kappa shape index (κ1) is 15.5. The number of anilines is 1. The van der Waals surface area contributed by atoms with Gasteiger partial charge in [-0.3, -0.25) is 0 Å². The van der Waals surface area contributed by atoms with Crippen molar-refractivity contribution in [3.05, 3.63) is 35.5 Å². The van der Waals surface area contributed by atoms with Gasteiger partial charge >= 0.3 is 0 Å². The monoisotopic (exact) mass is 289 g/mol. The second-order valence-corrected chi connectivity index (χ2v) is 7.46. The van der Waals surface area contributed by atoms with Gasteiger partial charge in [-0.25, -0.2) is 0 Å². The molecular formula is C18H27NS. The first-order valence-electron chi connectivity index (χ1n) is 7.57. The summed E-state index contributed by atoms with van der Waals surface area (Å²) in [5.74, 6) is 0. The topological polar surface area (TPSA) is 3.24 Å². The molecule has 0 atom stereocenters. The Morgan fingerprint density at radius 3 is 2.30 bits per heavy atom. The van der Waals surface area contributed by atoms with Crippen LogP contribution in [0.5, 0.6) is 0 Å². The zero-order valence-electron chi connectivity index (χ0n) is 13.5. The molecule has 2 rings (SSSR count). The van der Waals surface area contributed by atoms with Crippen molar-refractivity contribution in [1.29, 1.82) is 0 Å². The van der Waals surface area contributed by atoms with Crippen molar-refractivity contribution in [3.8, 4) is 0 Å². The highest BCUT2D eigenvalue weighted by molar-refractivity contribution is 7.98. The number of hydrogen-bond acceptors (Lipinski definition) is 2. The zero-order chi connectivity index (χ0) is 14.8. The lowest BCUT2D eigenvalue weighted by Crippen LogP contribution is -2.42. The van der Waals surface area contributed by atoms with Crippen LogP contribution >= 0.6 is 11.8 Å². The third kappa shape index (κ3) is 3.22. The van der Waals surface area contributed by atoms with E-state index in [0.717, 1.165) is 0 Å². The quantitative estimate of drug-likeness (QED) is 0.641. The summed E-state index contributed by atoms with van der Waals surface area (Å²) in [6, 6.07) is 8.80. The van der Waals surface area contributed by atoms with E-state index in [4.69, 9.17) is 0 Å². The van der Waals surface area contributed by atoms with Crippen LogP contribution in [0, 0.1) is 0 Å². The summed E-state index contributed by atoms with van der Waals surface area (Å²) >= 11 is 1.84. The van der Waals surface area contributed by atoms with E-state index < -0.39 is 0 Å². The van der Waals surface area contributed by atoms with E-state index in [1.165, 1.54) is 36.3 Å². The van der Waals surface area contributed by atoms with Crippen molar-refractivity contribution in [2.24, 2.45) is 0 Å². The van der Waals surface area contributed by atoms with Crippen molar-refractivity contribution < 1.29 is 0 Å². The Bertz CT molecular complexity index is 496. The molecule has 1 nitrogen and oxygen atoms in total. The van der Waals surface area contributed by atoms with Crippen molar-refractivity contribution in [1.82, 2.24) is 0 Å². The Morgan fingerprint density at radius 1 is 1.05 bits per heavy atom. The van der Waals surface area contributed by atoms with Crippen LogP contribution in [-0.4, -0.2) is 11.8 Å². The number of nitrogens with zero attached hydrogens (tertiary/aromatic N) is 1. The van der Waals surface area contributed by atoms with E-state index in [0.29, 0.717) is 0 Å². The van der Waals surface area contributed by atoms with Crippen molar-refractivity contribution in [2.75, 3.05) is 11.2 Å². The molecule has 0 amide bonds. The van der Waals surface area contributed by atoms with Gasteiger partial charge in [-0.1, -0.05) is 17.7 Å². The maximum Gasteiger partial charge on any atom is 0.0551 e. The second-order valence-electron chi connectivity index (χ2n) is 6.61. The molecule has 20 heavy (non-hydrogen) atoms. The highest BCUT2D eigenvalue weighted by Crippen LogP contribution is 2.39. The zero-order valence-corrected chi connectivity index (χ0v) is 14.3. The number of rotatable bonds is 3. The summed E-state index contributed by atoms with van der Waals surface area (Å²) in [5.41, 5.74) is 4.59. The van der Waals surface area contributed by atoms with Crippen LogP contribution in [0.25, 0.3) is 0 Å². The summed E-state index contributed by atoms with van der Waals surface area (Å²) in [6.07, 6.45) is 7.30. The summed E-state index contributed by atoms with van der Waals surface area (Å²) < 4.78 is 0. The first-order chi connectivity index (χ1) is 9.45. The van der Waals surface area contributed by atoms with Crippen LogP contribution in [0.15, 0.2) is 40.4 Å². The molecule has 1 aromatic rings. The third-order valence-corrected chi connectivity index (χ3v) is 4.76. The minimum absolute atomic E-state index is 0.111. The molecule has 0 aliphatic heterocycles. The number of para-hydroxylation sites is 1. The molecule has 0 saturated carbocycles. The SMILES string of the molecule is CSc1ccccc1N(C1=C(C)CCCC1)C(C)(C)C. The van der Waals surface area contributed by atoms with Crippen molar-refractivity contribution in [2.45, 2.75) is 63.8 Å². The van der Waals surface area contributed by atoms with Gasteiger partial charge in [0.15, 0.2) is 0 Å². The van der Waals surface area contributed by atoms with Gasteiger partial charge in [-0.15, -0.1) is 11.8 Å². The molecule has 0 heterocycles. The Hall–Kier alpha value is -0.890. The van der Waals surface area contributed by atoms with Crippen molar-refractivity contribution in [3.63, 3.8) is 0 Å². The average Bonchev–Trinajstić information content (AvgIpc) is 2.40. The Balaban J connectivity index is 2.54. The molecule has 1 aliphatic carbocycles. The van der Waals surface area contributed by atoms with Gasteiger partial charge in [0, 0.05) is 16.1 Å². The van der Waals surface area contributed by atoms with E-state index >= 15 is 0 Å². The molecule has 0 aromatic heterocycles. The third-order valence-electron chi connectivity index (χ3n) is 3.97. The minimum Gasteiger partial charge on any atom is -0.339 e. The second kappa shape index (κ2) is 6.26. The van der Waals surface area contributed by atoms with Gasteiger partial charge in [0.05, 0.1) is 5.69 Å². The summed E-state index contributed by atoms with van der Waals surface area (Å²) in [4.78, 5) is 3.95. The van der Waals surface area contributed by atoms with Crippen LogP contribution in [0.2, 0.25) is 0 Å². The fourth-order valence-corrected chi connectivity index (χ4v) is 3.65. The standard InChI is InChI=1S/C18H27NS/c1-14-10-6-7-11-15(14)19(18(2,3)4)16-12-8-9-13-17(16)20-5/h8-9,12-13H,6-7,10-11H2,1-5H3. The van der Waals surface area contributed by atoms with Crippen LogP contribution in [-0.2, 0) is 0 Å². The van der Waals surface area contributed by atoms with E-state index in [-0.39, 0.29) is 5.54 Å². The van der Waals surface area contributed by atoms with Gasteiger partial charge in [0.1, 0.15) is 0 Å². The Labute approximate surface area is 128 Å². The van der Waals surface area contributed by atoms with E-state index in [9.17, 15) is 0 Å². The van der Waals surface area contributed by atoms with Crippen molar-refractivity contribution >= 4 is 17.4 Å². The van der Waals surface area contributed by atoms with Gasteiger partial charge < -0.3 is 4.90 Å². The highest BCUT2D eigenvalue weighted by atomic mass is 32.2. The van der Waals surface area contributed by atoms with Gasteiger partial charge in [-0.2, -0.15) is 0 Å². The molecule has 0 bridgehead atoms. The lowest BCUT2D eigenvalue weighted by Gasteiger charge is -2.42. The first-order valence-corrected chi connectivity index (χ1v) is 8.79.